The van der Waals surface area contributed by atoms with Crippen molar-refractivity contribution in [3.8, 4) is 11.3 Å². The van der Waals surface area contributed by atoms with Crippen molar-refractivity contribution in [1.29, 1.82) is 0 Å². The molecule has 1 aliphatic rings. The highest BCUT2D eigenvalue weighted by Gasteiger charge is 2.38. The van der Waals surface area contributed by atoms with E-state index in [1.807, 2.05) is 48.5 Å². The lowest BCUT2D eigenvalue weighted by Crippen LogP contribution is -2.34. The minimum Gasteiger partial charge on any atom is -0.475 e. The molecule has 0 atom stereocenters. The third kappa shape index (κ3) is 6.81. The second kappa shape index (κ2) is 10.7. The molecule has 3 heterocycles. The van der Waals surface area contributed by atoms with Crippen LogP contribution < -0.4 is 0 Å². The van der Waals surface area contributed by atoms with E-state index in [2.05, 4.69) is 15.2 Å². The fourth-order valence-corrected chi connectivity index (χ4v) is 4.82. The predicted molar refractivity (Wildman–Crippen MR) is 117 cm³/mol. The monoisotopic (exact) mass is 494 g/mol. The van der Waals surface area contributed by atoms with Crippen molar-refractivity contribution in [2.24, 2.45) is 0 Å². The van der Waals surface area contributed by atoms with Crippen LogP contribution in [0.5, 0.6) is 0 Å². The van der Waals surface area contributed by atoms with Crippen LogP contribution in [0, 0.1) is 0 Å². The summed E-state index contributed by atoms with van der Waals surface area (Å²) in [7, 11) is -3.36. The van der Waals surface area contributed by atoms with E-state index < -0.39 is 22.2 Å². The lowest BCUT2D eigenvalue weighted by Gasteiger charge is -2.19. The van der Waals surface area contributed by atoms with Gasteiger partial charge in [-0.3, -0.25) is 4.98 Å². The number of pyridine rings is 1. The Balaban J connectivity index is 0.000000406. The SMILES string of the molecule is O=C(O)C(F)(F)F.O=S(=O)(Cc1ccccc1)N1CCc2cc(-c3ccncc3)nnc2CC1. The second-order valence-electron chi connectivity index (χ2n) is 7.38. The number of halogens is 3. The molecule has 0 unspecified atom stereocenters. The summed E-state index contributed by atoms with van der Waals surface area (Å²) in [6, 6.07) is 15.1. The molecule has 0 amide bonds. The maximum Gasteiger partial charge on any atom is 0.490 e. The van der Waals surface area contributed by atoms with E-state index in [0.717, 1.165) is 28.1 Å². The van der Waals surface area contributed by atoms with Crippen molar-refractivity contribution < 1.29 is 31.5 Å². The number of rotatable bonds is 4. The van der Waals surface area contributed by atoms with Crippen LogP contribution in [0.15, 0.2) is 60.9 Å². The molecule has 180 valence electrons. The normalized spacial score (nSPS) is 14.3. The average molecular weight is 494 g/mol. The number of hydrogen-bond donors (Lipinski definition) is 1. The Hall–Kier alpha value is -3.38. The number of aromatic nitrogens is 3. The van der Waals surface area contributed by atoms with E-state index in [0.29, 0.717) is 25.9 Å². The fraction of sp³-hybridized carbons (Fsp3) is 0.273. The smallest absolute Gasteiger partial charge is 0.475 e. The van der Waals surface area contributed by atoms with Crippen LogP contribution >= 0.6 is 0 Å². The first-order valence-corrected chi connectivity index (χ1v) is 11.7. The van der Waals surface area contributed by atoms with Crippen molar-refractivity contribution >= 4 is 16.0 Å². The van der Waals surface area contributed by atoms with Gasteiger partial charge >= 0.3 is 12.1 Å². The van der Waals surface area contributed by atoms with Gasteiger partial charge in [0.2, 0.25) is 10.0 Å². The summed E-state index contributed by atoms with van der Waals surface area (Å²) in [6.07, 6.45) is -0.426. The standard InChI is InChI=1S/C20H20N4O2S.C2HF3O2/c25-27(26,15-16-4-2-1-3-5-16)24-12-8-18-14-20(17-6-10-21-11-7-17)23-22-19(18)9-13-24;3-2(4,5)1(6)7/h1-7,10-11,14H,8-9,12-13,15H2;(H,6,7). The van der Waals surface area contributed by atoms with Crippen LogP contribution in [0.3, 0.4) is 0 Å². The van der Waals surface area contributed by atoms with E-state index >= 15 is 0 Å². The third-order valence-corrected chi connectivity index (χ3v) is 6.84. The highest BCUT2D eigenvalue weighted by Crippen LogP contribution is 2.22. The van der Waals surface area contributed by atoms with Gasteiger partial charge in [0, 0.05) is 37.5 Å². The Morgan fingerprint density at radius 2 is 1.62 bits per heavy atom. The van der Waals surface area contributed by atoms with Gasteiger partial charge in [0.1, 0.15) is 0 Å². The van der Waals surface area contributed by atoms with Crippen molar-refractivity contribution in [1.82, 2.24) is 19.5 Å². The molecule has 0 saturated carbocycles. The molecule has 4 rings (SSSR count). The van der Waals surface area contributed by atoms with Crippen molar-refractivity contribution in [2.45, 2.75) is 24.8 Å². The third-order valence-electron chi connectivity index (χ3n) is 4.99. The highest BCUT2D eigenvalue weighted by atomic mass is 32.2. The van der Waals surface area contributed by atoms with Crippen LogP contribution in [0.2, 0.25) is 0 Å². The van der Waals surface area contributed by atoms with Crippen molar-refractivity contribution in [2.75, 3.05) is 13.1 Å². The van der Waals surface area contributed by atoms with Gasteiger partial charge in [-0.25, -0.2) is 17.5 Å². The Morgan fingerprint density at radius 1 is 1.00 bits per heavy atom. The number of alkyl halides is 3. The number of sulfonamides is 1. The number of hydrogen-bond acceptors (Lipinski definition) is 6. The summed E-state index contributed by atoms with van der Waals surface area (Å²) in [6.45, 7) is 0.898. The Morgan fingerprint density at radius 3 is 2.24 bits per heavy atom. The van der Waals surface area contributed by atoms with Gasteiger partial charge in [0.05, 0.1) is 17.1 Å². The first-order chi connectivity index (χ1) is 16.1. The summed E-state index contributed by atoms with van der Waals surface area (Å²) in [5.41, 5.74) is 4.49. The molecule has 1 aliphatic heterocycles. The molecule has 0 bridgehead atoms. The molecule has 12 heteroatoms. The van der Waals surface area contributed by atoms with E-state index in [4.69, 9.17) is 9.90 Å². The molecule has 8 nitrogen and oxygen atoms in total. The molecular formula is C22H21F3N4O4S. The molecule has 1 N–H and O–H groups in total. The number of aliphatic carboxylic acids is 1. The Bertz CT molecular complexity index is 1220. The molecule has 3 aromatic rings. The lowest BCUT2D eigenvalue weighted by molar-refractivity contribution is -0.192. The second-order valence-corrected chi connectivity index (χ2v) is 9.35. The first kappa shape index (κ1) is 25.2. The van der Waals surface area contributed by atoms with Crippen molar-refractivity contribution in [3.05, 3.63) is 77.7 Å². The predicted octanol–water partition coefficient (Wildman–Crippen LogP) is 3.10. The van der Waals surface area contributed by atoms with Gasteiger partial charge in [0.25, 0.3) is 0 Å². The molecule has 0 radical (unpaired) electrons. The number of carboxylic acids is 1. The number of carboxylic acid groups (broad SMARTS) is 1. The molecule has 2 aromatic heterocycles. The molecule has 0 saturated heterocycles. The zero-order valence-corrected chi connectivity index (χ0v) is 18.6. The summed E-state index contributed by atoms with van der Waals surface area (Å²) < 4.78 is 59.0. The van der Waals surface area contributed by atoms with E-state index in [1.54, 1.807) is 16.7 Å². The minimum absolute atomic E-state index is 0.0259. The van der Waals surface area contributed by atoms with Crippen LogP contribution in [0.1, 0.15) is 16.8 Å². The Labute approximate surface area is 194 Å². The van der Waals surface area contributed by atoms with Gasteiger partial charge < -0.3 is 5.11 Å². The molecule has 0 aliphatic carbocycles. The highest BCUT2D eigenvalue weighted by molar-refractivity contribution is 7.88. The summed E-state index contributed by atoms with van der Waals surface area (Å²) in [5, 5.41) is 15.8. The topological polar surface area (TPSA) is 113 Å². The summed E-state index contributed by atoms with van der Waals surface area (Å²) in [5.74, 6) is -2.73. The molecular weight excluding hydrogens is 473 g/mol. The van der Waals surface area contributed by atoms with Gasteiger partial charge in [-0.2, -0.15) is 23.4 Å². The summed E-state index contributed by atoms with van der Waals surface area (Å²) >= 11 is 0. The van der Waals surface area contributed by atoms with E-state index in [9.17, 15) is 21.6 Å². The minimum atomic E-state index is -5.08. The van der Waals surface area contributed by atoms with Crippen LogP contribution in [0.25, 0.3) is 11.3 Å². The molecule has 0 fully saturated rings. The fourth-order valence-electron chi connectivity index (χ4n) is 3.29. The largest absolute Gasteiger partial charge is 0.490 e. The van der Waals surface area contributed by atoms with Crippen molar-refractivity contribution in [3.63, 3.8) is 0 Å². The van der Waals surface area contributed by atoms with Crippen LogP contribution in [-0.4, -0.2) is 58.2 Å². The first-order valence-electron chi connectivity index (χ1n) is 10.1. The lowest BCUT2D eigenvalue weighted by atomic mass is 10.1. The molecule has 0 spiro atoms. The number of fused-ring (bicyclic) bond motifs is 1. The van der Waals surface area contributed by atoms with E-state index in [1.165, 1.54) is 0 Å². The van der Waals surface area contributed by atoms with Crippen LogP contribution in [0.4, 0.5) is 13.2 Å². The Kier molecular flexibility index (Phi) is 7.94. The number of carbonyl (C=O) groups is 1. The average Bonchev–Trinajstić information content (AvgIpc) is 3.02. The van der Waals surface area contributed by atoms with Gasteiger partial charge in [0.15, 0.2) is 0 Å². The zero-order valence-electron chi connectivity index (χ0n) is 17.8. The van der Waals surface area contributed by atoms with Gasteiger partial charge in [-0.15, -0.1) is 0 Å². The maximum absolute atomic E-state index is 12.8. The number of benzene rings is 1. The maximum atomic E-state index is 12.8. The molecule has 1 aromatic carbocycles. The number of nitrogens with zero attached hydrogens (tertiary/aromatic N) is 4. The zero-order chi connectivity index (χ0) is 24.8. The van der Waals surface area contributed by atoms with Crippen LogP contribution in [-0.2, 0) is 33.4 Å². The quantitative estimate of drug-likeness (QED) is 0.593. The van der Waals surface area contributed by atoms with Gasteiger partial charge in [-0.1, -0.05) is 30.3 Å². The summed E-state index contributed by atoms with van der Waals surface area (Å²) in [4.78, 5) is 12.9. The van der Waals surface area contributed by atoms with E-state index in [-0.39, 0.29) is 5.75 Å². The van der Waals surface area contributed by atoms with Gasteiger partial charge in [-0.05, 0) is 35.7 Å². The molecule has 34 heavy (non-hydrogen) atoms.